The molecule has 1 aliphatic rings. The fourth-order valence-corrected chi connectivity index (χ4v) is 3.34. The number of hydrogen-bond donors (Lipinski definition) is 2. The van der Waals surface area contributed by atoms with E-state index >= 15 is 0 Å². The summed E-state index contributed by atoms with van der Waals surface area (Å²) >= 11 is 0. The highest BCUT2D eigenvalue weighted by Gasteiger charge is 2.22. The zero-order valence-corrected chi connectivity index (χ0v) is 17.7. The van der Waals surface area contributed by atoms with Crippen molar-refractivity contribution in [1.82, 2.24) is 19.8 Å². The first-order valence-electron chi connectivity index (χ1n) is 9.06. The summed E-state index contributed by atoms with van der Waals surface area (Å²) in [4.78, 5) is 11.0. The van der Waals surface area contributed by atoms with Crippen molar-refractivity contribution < 1.29 is 0 Å². The van der Waals surface area contributed by atoms with Crippen molar-refractivity contribution in [3.05, 3.63) is 54.1 Å². The van der Waals surface area contributed by atoms with E-state index in [-0.39, 0.29) is 24.0 Å². The first-order chi connectivity index (χ1) is 12.2. The predicted molar refractivity (Wildman–Crippen MR) is 117 cm³/mol. The van der Waals surface area contributed by atoms with E-state index in [4.69, 9.17) is 5.73 Å². The van der Waals surface area contributed by atoms with Crippen LogP contribution in [0, 0.1) is 0 Å². The van der Waals surface area contributed by atoms with Gasteiger partial charge in [-0.15, -0.1) is 24.0 Å². The largest absolute Gasteiger partial charge is 0.370 e. The van der Waals surface area contributed by atoms with Crippen LogP contribution < -0.4 is 11.1 Å². The third-order valence-electron chi connectivity index (χ3n) is 4.80. The summed E-state index contributed by atoms with van der Waals surface area (Å²) in [6.07, 6.45) is 8.11. The lowest BCUT2D eigenvalue weighted by Gasteiger charge is -2.23. The molecule has 1 aromatic heterocycles. The Morgan fingerprint density at radius 1 is 1.31 bits per heavy atom. The van der Waals surface area contributed by atoms with Crippen LogP contribution in [-0.4, -0.2) is 46.1 Å². The second-order valence-corrected chi connectivity index (χ2v) is 6.56. The molecule has 1 saturated heterocycles. The summed E-state index contributed by atoms with van der Waals surface area (Å²) in [5, 5.41) is 3.28. The molecule has 1 aromatic carbocycles. The van der Waals surface area contributed by atoms with Crippen LogP contribution in [0.2, 0.25) is 0 Å². The van der Waals surface area contributed by atoms with Gasteiger partial charge in [0, 0.05) is 31.5 Å². The van der Waals surface area contributed by atoms with E-state index in [1.54, 1.807) is 6.20 Å². The molecule has 1 aliphatic heterocycles. The van der Waals surface area contributed by atoms with Gasteiger partial charge >= 0.3 is 0 Å². The number of nitrogens with two attached hydrogens (primary N) is 1. The van der Waals surface area contributed by atoms with Gasteiger partial charge in [-0.25, -0.2) is 9.98 Å². The van der Waals surface area contributed by atoms with Gasteiger partial charge in [0.1, 0.15) is 0 Å². The normalized spacial score (nSPS) is 17.9. The van der Waals surface area contributed by atoms with Gasteiger partial charge in [0.05, 0.1) is 12.9 Å². The fraction of sp³-hybridized carbons (Fsp3) is 0.474. The molecular formula is C19H29IN6. The van der Waals surface area contributed by atoms with Gasteiger partial charge in [-0.2, -0.15) is 0 Å². The first-order valence-corrected chi connectivity index (χ1v) is 9.06. The van der Waals surface area contributed by atoms with E-state index in [2.05, 4.69) is 55.9 Å². The van der Waals surface area contributed by atoms with Gasteiger partial charge in [0.15, 0.2) is 5.96 Å². The fourth-order valence-electron chi connectivity index (χ4n) is 3.34. The number of imidazole rings is 1. The Morgan fingerprint density at radius 2 is 2.08 bits per heavy atom. The maximum Gasteiger partial charge on any atom is 0.188 e. The summed E-state index contributed by atoms with van der Waals surface area (Å²) in [5.41, 5.74) is 8.43. The highest BCUT2D eigenvalue weighted by Crippen LogP contribution is 2.15. The van der Waals surface area contributed by atoms with Crippen LogP contribution in [0.15, 0.2) is 48.0 Å². The highest BCUT2D eigenvalue weighted by atomic mass is 127. The van der Waals surface area contributed by atoms with Gasteiger partial charge < -0.3 is 15.6 Å². The summed E-state index contributed by atoms with van der Waals surface area (Å²) < 4.78 is 2.05. The van der Waals surface area contributed by atoms with Crippen LogP contribution >= 0.6 is 24.0 Å². The molecule has 1 fully saturated rings. The van der Waals surface area contributed by atoms with Crippen molar-refractivity contribution >= 4 is 29.9 Å². The maximum absolute atomic E-state index is 6.02. The van der Waals surface area contributed by atoms with Crippen LogP contribution in [0.3, 0.4) is 0 Å². The number of aromatic nitrogens is 2. The summed E-state index contributed by atoms with van der Waals surface area (Å²) in [6.45, 7) is 6.84. The smallest absolute Gasteiger partial charge is 0.188 e. The number of likely N-dealkylation sites (tertiary alicyclic amines) is 1. The lowest BCUT2D eigenvalue weighted by Crippen LogP contribution is -2.42. The first kappa shape index (κ1) is 20.7. The lowest BCUT2D eigenvalue weighted by atomic mass is 10.1. The maximum atomic E-state index is 6.02. The van der Waals surface area contributed by atoms with Gasteiger partial charge in [0.25, 0.3) is 0 Å². The number of benzene rings is 1. The van der Waals surface area contributed by atoms with E-state index in [9.17, 15) is 0 Å². The second-order valence-electron chi connectivity index (χ2n) is 6.56. The number of guanidine groups is 1. The molecule has 0 saturated carbocycles. The predicted octanol–water partition coefficient (Wildman–Crippen LogP) is 2.44. The number of likely N-dealkylation sites (N-methyl/N-ethyl adjacent to an activating group) is 1. The van der Waals surface area contributed by atoms with E-state index in [1.165, 1.54) is 24.9 Å². The van der Waals surface area contributed by atoms with E-state index < -0.39 is 0 Å². The van der Waals surface area contributed by atoms with Crippen molar-refractivity contribution in [2.45, 2.75) is 38.9 Å². The molecule has 2 heterocycles. The van der Waals surface area contributed by atoms with Crippen molar-refractivity contribution in [2.24, 2.45) is 10.7 Å². The van der Waals surface area contributed by atoms with Gasteiger partial charge in [0.2, 0.25) is 0 Å². The summed E-state index contributed by atoms with van der Waals surface area (Å²) in [6, 6.07) is 9.07. The Hall–Kier alpha value is -1.61. The van der Waals surface area contributed by atoms with Crippen molar-refractivity contribution in [3.63, 3.8) is 0 Å². The molecule has 3 N–H and O–H groups in total. The number of aliphatic imine (C=N–C) groups is 1. The van der Waals surface area contributed by atoms with Gasteiger partial charge in [-0.3, -0.25) is 4.90 Å². The third-order valence-corrected chi connectivity index (χ3v) is 4.80. The molecule has 142 valence electrons. The van der Waals surface area contributed by atoms with Crippen molar-refractivity contribution in [2.75, 3.05) is 19.6 Å². The van der Waals surface area contributed by atoms with Crippen LogP contribution in [0.5, 0.6) is 0 Å². The molecule has 6 nitrogen and oxygen atoms in total. The molecule has 1 atom stereocenters. The average Bonchev–Trinajstić information content (AvgIpc) is 3.30. The Labute approximate surface area is 172 Å². The number of hydrogen-bond acceptors (Lipinski definition) is 3. The summed E-state index contributed by atoms with van der Waals surface area (Å²) in [7, 11) is 0. The Kier molecular flexibility index (Phi) is 8.37. The molecule has 0 aliphatic carbocycles. The molecule has 26 heavy (non-hydrogen) atoms. The van der Waals surface area contributed by atoms with Crippen molar-refractivity contribution in [1.29, 1.82) is 0 Å². The zero-order chi connectivity index (χ0) is 17.5. The SMILES string of the molecule is CCN1CCCC1CNC(N)=NCc1ccc(Cn2ccnc2)cc1.I. The molecule has 0 radical (unpaired) electrons. The minimum atomic E-state index is 0. The number of nitrogens with one attached hydrogen (secondary N) is 1. The molecule has 3 rings (SSSR count). The topological polar surface area (TPSA) is 71.5 Å². The number of halogens is 1. The monoisotopic (exact) mass is 468 g/mol. The standard InChI is InChI=1S/C19H28N6.HI/c1-2-25-10-3-4-18(25)13-23-19(20)22-12-16-5-7-17(8-6-16)14-24-11-9-21-15-24;/h5-9,11,15,18H,2-4,10,12-14H2,1H3,(H3,20,22,23);1H. The Bertz CT molecular complexity index is 668. The lowest BCUT2D eigenvalue weighted by molar-refractivity contribution is 0.267. The summed E-state index contributed by atoms with van der Waals surface area (Å²) in [5.74, 6) is 0.533. The molecular weight excluding hydrogens is 439 g/mol. The zero-order valence-electron chi connectivity index (χ0n) is 15.3. The molecule has 2 aromatic rings. The van der Waals surface area contributed by atoms with E-state index in [1.807, 2.05) is 12.5 Å². The molecule has 0 spiro atoms. The minimum Gasteiger partial charge on any atom is -0.370 e. The van der Waals surface area contributed by atoms with Crippen LogP contribution in [0.1, 0.15) is 30.9 Å². The highest BCUT2D eigenvalue weighted by molar-refractivity contribution is 14.0. The van der Waals surface area contributed by atoms with Crippen LogP contribution in [0.25, 0.3) is 0 Å². The average molecular weight is 468 g/mol. The Balaban J connectivity index is 0.00000243. The van der Waals surface area contributed by atoms with Crippen molar-refractivity contribution in [3.8, 4) is 0 Å². The second kappa shape index (κ2) is 10.5. The third kappa shape index (κ3) is 5.98. The quantitative estimate of drug-likeness (QED) is 0.372. The molecule has 0 amide bonds. The van der Waals surface area contributed by atoms with Crippen LogP contribution in [0.4, 0.5) is 0 Å². The molecule has 1 unspecified atom stereocenters. The Morgan fingerprint density at radius 3 is 2.77 bits per heavy atom. The number of rotatable bonds is 7. The van der Waals surface area contributed by atoms with Gasteiger partial charge in [-0.1, -0.05) is 31.2 Å². The van der Waals surface area contributed by atoms with E-state index in [0.29, 0.717) is 18.5 Å². The molecule has 7 heteroatoms. The van der Waals surface area contributed by atoms with Gasteiger partial charge in [-0.05, 0) is 37.1 Å². The van der Waals surface area contributed by atoms with E-state index in [0.717, 1.165) is 25.2 Å². The molecule has 0 bridgehead atoms. The van der Waals surface area contributed by atoms with Crippen LogP contribution in [-0.2, 0) is 13.1 Å². The number of nitrogens with zero attached hydrogens (tertiary/aromatic N) is 4. The minimum absolute atomic E-state index is 0.